The predicted molar refractivity (Wildman–Crippen MR) is 210 cm³/mol. The second-order valence-electron chi connectivity index (χ2n) is 12.9. The summed E-state index contributed by atoms with van der Waals surface area (Å²) in [5.74, 6) is -0.140. The maximum Gasteiger partial charge on any atom is 0.343 e. The average molecular weight is 777 g/mol. The van der Waals surface area contributed by atoms with Crippen molar-refractivity contribution < 1.29 is 57.1 Å². The zero-order valence-corrected chi connectivity index (χ0v) is 32.4. The van der Waals surface area contributed by atoms with Gasteiger partial charge in [0, 0.05) is 27.1 Å². The van der Waals surface area contributed by atoms with E-state index in [-0.39, 0.29) is 46.3 Å². The molecule has 0 fully saturated rings. The molecule has 2 unspecified atom stereocenters. The standard InChI is InChI=1S/C45H44O12/c1-29-28-40(56-44(48)34-10-18-38(19-11-34)54-42(46)32-6-14-36(15-7-32)52-26-24-30(2)50-4)22-23-41(29)57-45(49)35-12-20-39(21-13-35)55-43(47)33-8-16-37(17-9-33)53-27-25-31(3)51-5/h6-23,28,30-31H,24-27H2,1-5H3. The van der Waals surface area contributed by atoms with Crippen molar-refractivity contribution in [2.45, 2.75) is 45.8 Å². The quantitative estimate of drug-likeness (QED) is 0.0622. The minimum Gasteiger partial charge on any atom is -0.493 e. The van der Waals surface area contributed by atoms with E-state index >= 15 is 0 Å². The van der Waals surface area contributed by atoms with Crippen LogP contribution in [0.15, 0.2) is 115 Å². The van der Waals surface area contributed by atoms with Gasteiger partial charge in [0.1, 0.15) is 34.5 Å². The van der Waals surface area contributed by atoms with E-state index in [4.69, 9.17) is 37.9 Å². The van der Waals surface area contributed by atoms with Crippen molar-refractivity contribution >= 4 is 23.9 Å². The molecule has 0 N–H and O–H groups in total. The molecule has 0 aliphatic heterocycles. The third-order valence-electron chi connectivity index (χ3n) is 8.73. The lowest BCUT2D eigenvalue weighted by Gasteiger charge is -2.11. The summed E-state index contributed by atoms with van der Waals surface area (Å²) in [5, 5.41) is 0. The zero-order valence-electron chi connectivity index (χ0n) is 32.4. The van der Waals surface area contributed by atoms with E-state index in [2.05, 4.69) is 0 Å². The Bertz CT molecular complexity index is 2110. The van der Waals surface area contributed by atoms with Gasteiger partial charge in [-0.25, -0.2) is 19.2 Å². The number of hydrogen-bond donors (Lipinski definition) is 0. The van der Waals surface area contributed by atoms with E-state index in [0.717, 1.165) is 12.8 Å². The van der Waals surface area contributed by atoms with Crippen molar-refractivity contribution in [1.82, 2.24) is 0 Å². The summed E-state index contributed by atoms with van der Waals surface area (Å²) in [6.07, 6.45) is 1.64. The summed E-state index contributed by atoms with van der Waals surface area (Å²) in [7, 11) is 3.29. The first-order chi connectivity index (χ1) is 27.5. The van der Waals surface area contributed by atoms with E-state index in [1.165, 1.54) is 60.7 Å². The van der Waals surface area contributed by atoms with Crippen LogP contribution < -0.4 is 28.4 Å². The van der Waals surface area contributed by atoms with Gasteiger partial charge >= 0.3 is 23.9 Å². The van der Waals surface area contributed by atoms with Gasteiger partial charge in [0.2, 0.25) is 0 Å². The maximum atomic E-state index is 12.9. The molecule has 0 aliphatic carbocycles. The lowest BCUT2D eigenvalue weighted by atomic mass is 10.2. The Hall–Kier alpha value is -6.50. The molecule has 0 saturated carbocycles. The van der Waals surface area contributed by atoms with Crippen LogP contribution in [0.2, 0.25) is 0 Å². The number of carbonyl (C=O) groups excluding carboxylic acids is 4. The highest BCUT2D eigenvalue weighted by atomic mass is 16.6. The third kappa shape index (κ3) is 12.5. The largest absolute Gasteiger partial charge is 0.493 e. The molecule has 57 heavy (non-hydrogen) atoms. The number of rotatable bonds is 18. The minimum atomic E-state index is -0.636. The van der Waals surface area contributed by atoms with Gasteiger partial charge in [-0.1, -0.05) is 0 Å². The van der Waals surface area contributed by atoms with Gasteiger partial charge in [0.25, 0.3) is 0 Å². The second-order valence-corrected chi connectivity index (χ2v) is 12.9. The van der Waals surface area contributed by atoms with Crippen molar-refractivity contribution in [3.05, 3.63) is 143 Å². The highest BCUT2D eigenvalue weighted by molar-refractivity contribution is 5.94. The van der Waals surface area contributed by atoms with Crippen LogP contribution in [0.4, 0.5) is 0 Å². The van der Waals surface area contributed by atoms with E-state index in [1.54, 1.807) is 75.7 Å². The fraction of sp³-hybridized carbons (Fsp3) is 0.244. The van der Waals surface area contributed by atoms with Gasteiger partial charge in [-0.2, -0.15) is 0 Å². The number of benzene rings is 5. The Kier molecular flexibility index (Phi) is 14.9. The molecule has 0 bridgehead atoms. The molecule has 0 aliphatic rings. The Morgan fingerprint density at radius 2 is 0.754 bits per heavy atom. The topological polar surface area (TPSA) is 142 Å². The summed E-state index contributed by atoms with van der Waals surface area (Å²) >= 11 is 0. The predicted octanol–water partition coefficient (Wildman–Crippen LogP) is 8.48. The molecule has 0 saturated heterocycles. The Morgan fingerprint density at radius 1 is 0.439 bits per heavy atom. The molecule has 2 atom stereocenters. The average Bonchev–Trinajstić information content (AvgIpc) is 3.22. The molecular weight excluding hydrogens is 732 g/mol. The first-order valence-corrected chi connectivity index (χ1v) is 18.2. The molecular formula is C45H44O12. The molecule has 5 aromatic rings. The first kappa shape index (κ1) is 41.7. The van der Waals surface area contributed by atoms with Gasteiger partial charge in [-0.15, -0.1) is 0 Å². The minimum absolute atomic E-state index is 0.0854. The number of hydrogen-bond acceptors (Lipinski definition) is 12. The van der Waals surface area contributed by atoms with Gasteiger partial charge in [0.15, 0.2) is 0 Å². The lowest BCUT2D eigenvalue weighted by molar-refractivity contribution is 0.0715. The number of carbonyl (C=O) groups is 4. The highest BCUT2D eigenvalue weighted by Gasteiger charge is 2.16. The fourth-order valence-corrected chi connectivity index (χ4v) is 5.07. The Morgan fingerprint density at radius 3 is 1.11 bits per heavy atom. The van der Waals surface area contributed by atoms with Crippen LogP contribution in [0.3, 0.4) is 0 Å². The molecule has 296 valence electrons. The molecule has 12 heteroatoms. The number of esters is 4. The number of methoxy groups -OCH3 is 2. The first-order valence-electron chi connectivity index (χ1n) is 18.2. The van der Waals surface area contributed by atoms with Crippen LogP contribution >= 0.6 is 0 Å². The van der Waals surface area contributed by atoms with Gasteiger partial charge in [-0.3, -0.25) is 0 Å². The molecule has 0 heterocycles. The SMILES string of the molecule is COC(C)CCOc1ccc(C(=O)Oc2ccc(C(=O)Oc3ccc(OC(=O)c4ccc(OC(=O)c5ccc(OCCC(C)OC)cc5)cc4)c(C)c3)cc2)cc1. The third-order valence-corrected chi connectivity index (χ3v) is 8.73. The summed E-state index contributed by atoms with van der Waals surface area (Å²) in [5.41, 5.74) is 1.68. The van der Waals surface area contributed by atoms with Crippen LogP contribution in [0.25, 0.3) is 0 Å². The van der Waals surface area contributed by atoms with Crippen molar-refractivity contribution in [3.63, 3.8) is 0 Å². The van der Waals surface area contributed by atoms with E-state index < -0.39 is 23.9 Å². The van der Waals surface area contributed by atoms with Crippen LogP contribution in [0.5, 0.6) is 34.5 Å². The van der Waals surface area contributed by atoms with Crippen molar-refractivity contribution in [2.75, 3.05) is 27.4 Å². The van der Waals surface area contributed by atoms with Crippen LogP contribution in [-0.2, 0) is 9.47 Å². The maximum absolute atomic E-state index is 12.9. The van der Waals surface area contributed by atoms with Crippen molar-refractivity contribution in [1.29, 1.82) is 0 Å². The van der Waals surface area contributed by atoms with Gasteiger partial charge in [-0.05, 0) is 142 Å². The van der Waals surface area contributed by atoms with E-state index in [9.17, 15) is 19.2 Å². The fourth-order valence-electron chi connectivity index (χ4n) is 5.07. The Balaban J connectivity index is 1.07. The monoisotopic (exact) mass is 776 g/mol. The van der Waals surface area contributed by atoms with Crippen molar-refractivity contribution in [3.8, 4) is 34.5 Å². The number of aryl methyl sites for hydroxylation is 1. The summed E-state index contributed by atoms with van der Waals surface area (Å²) in [4.78, 5) is 51.1. The number of ether oxygens (including phenoxy) is 8. The highest BCUT2D eigenvalue weighted by Crippen LogP contribution is 2.26. The smallest absolute Gasteiger partial charge is 0.343 e. The molecule has 5 aromatic carbocycles. The summed E-state index contributed by atoms with van der Waals surface area (Å²) in [6.45, 7) is 6.59. The van der Waals surface area contributed by atoms with Crippen molar-refractivity contribution in [2.24, 2.45) is 0 Å². The van der Waals surface area contributed by atoms with E-state index in [1.807, 2.05) is 13.8 Å². The van der Waals surface area contributed by atoms with E-state index in [0.29, 0.717) is 41.4 Å². The molecule has 0 spiro atoms. The summed E-state index contributed by atoms with van der Waals surface area (Å²) < 4.78 is 43.8. The molecule has 12 nitrogen and oxygen atoms in total. The normalized spacial score (nSPS) is 11.8. The van der Waals surface area contributed by atoms with Crippen LogP contribution in [0.1, 0.15) is 73.7 Å². The molecule has 0 radical (unpaired) electrons. The zero-order chi connectivity index (χ0) is 40.7. The van der Waals surface area contributed by atoms with Crippen LogP contribution in [0, 0.1) is 6.92 Å². The van der Waals surface area contributed by atoms with Crippen LogP contribution in [-0.4, -0.2) is 63.5 Å². The lowest BCUT2D eigenvalue weighted by Crippen LogP contribution is -2.12. The Labute approximate surface area is 331 Å². The molecule has 0 aromatic heterocycles. The second kappa shape index (κ2) is 20.4. The van der Waals surface area contributed by atoms with Gasteiger partial charge in [0.05, 0.1) is 47.7 Å². The summed E-state index contributed by atoms with van der Waals surface area (Å²) in [6, 6.07) is 29.7. The molecule has 5 rings (SSSR count). The molecule has 0 amide bonds. The van der Waals surface area contributed by atoms with Gasteiger partial charge < -0.3 is 37.9 Å².